The first-order chi connectivity index (χ1) is 15.4. The smallest absolute Gasteiger partial charge is 0.333 e. The Kier molecular flexibility index (Phi) is 5.46. The number of benzene rings is 1. The van der Waals surface area contributed by atoms with Crippen LogP contribution in [0.1, 0.15) is 23.0 Å². The summed E-state index contributed by atoms with van der Waals surface area (Å²) in [5, 5.41) is 4.84. The molecule has 3 aromatic heterocycles. The van der Waals surface area contributed by atoms with Crippen molar-refractivity contribution in [2.24, 2.45) is 0 Å². The molecule has 0 radical (unpaired) electrons. The maximum Gasteiger partial charge on any atom is 0.333 e. The highest BCUT2D eigenvalue weighted by atomic mass is 16.5. The van der Waals surface area contributed by atoms with Gasteiger partial charge in [-0.3, -0.25) is 15.6 Å². The van der Waals surface area contributed by atoms with E-state index >= 15 is 0 Å². The van der Waals surface area contributed by atoms with Gasteiger partial charge in [0.1, 0.15) is 0 Å². The summed E-state index contributed by atoms with van der Waals surface area (Å²) in [7, 11) is 1.32. The second-order valence-corrected chi connectivity index (χ2v) is 7.21. The van der Waals surface area contributed by atoms with Crippen molar-refractivity contribution in [1.29, 1.82) is 0 Å². The van der Waals surface area contributed by atoms with E-state index in [1.54, 1.807) is 13.0 Å². The van der Waals surface area contributed by atoms with Gasteiger partial charge < -0.3 is 14.9 Å². The lowest BCUT2D eigenvalue weighted by atomic mass is 9.93. The zero-order valence-corrected chi connectivity index (χ0v) is 17.4. The number of aromatic nitrogens is 4. The third-order valence-corrected chi connectivity index (χ3v) is 4.97. The van der Waals surface area contributed by atoms with Crippen molar-refractivity contribution in [2.45, 2.75) is 18.9 Å². The van der Waals surface area contributed by atoms with Crippen LogP contribution in [0.2, 0.25) is 0 Å². The summed E-state index contributed by atoms with van der Waals surface area (Å²) < 4.78 is 11.6. The molecule has 32 heavy (non-hydrogen) atoms. The van der Waals surface area contributed by atoms with E-state index < -0.39 is 17.4 Å². The fourth-order valence-corrected chi connectivity index (χ4v) is 3.41. The van der Waals surface area contributed by atoms with Gasteiger partial charge in [0.2, 0.25) is 5.95 Å². The molecule has 0 fully saturated rings. The molecular formula is C21H21N7O4. The molecule has 4 aromatic rings. The zero-order chi connectivity index (χ0) is 22.7. The number of methoxy groups -OCH3 is 1. The average Bonchev–Trinajstić information content (AvgIpc) is 3.47. The second-order valence-electron chi connectivity index (χ2n) is 7.21. The highest BCUT2D eigenvalue weighted by molar-refractivity contribution is 5.94. The molecule has 1 atom stereocenters. The molecular weight excluding hydrogens is 414 g/mol. The molecule has 1 aromatic carbocycles. The van der Waals surface area contributed by atoms with Crippen molar-refractivity contribution < 1.29 is 18.7 Å². The van der Waals surface area contributed by atoms with Gasteiger partial charge in [-0.25, -0.2) is 9.48 Å². The van der Waals surface area contributed by atoms with Crippen LogP contribution in [0.5, 0.6) is 0 Å². The van der Waals surface area contributed by atoms with E-state index in [0.29, 0.717) is 17.5 Å². The number of carbonyl (C=O) groups is 2. The lowest BCUT2D eigenvalue weighted by Crippen LogP contribution is -2.43. The highest BCUT2D eigenvalue weighted by Gasteiger charge is 2.39. The Morgan fingerprint density at radius 1 is 1.19 bits per heavy atom. The van der Waals surface area contributed by atoms with Gasteiger partial charge in [-0.05, 0) is 24.6 Å². The van der Waals surface area contributed by atoms with E-state index in [1.807, 2.05) is 30.3 Å². The Morgan fingerprint density at radius 2 is 1.97 bits per heavy atom. The molecule has 0 aliphatic carbocycles. The lowest BCUT2D eigenvalue weighted by molar-refractivity contribution is -0.150. The number of hydrazine groups is 1. The molecule has 1 amide bonds. The minimum atomic E-state index is -1.21. The van der Waals surface area contributed by atoms with Crippen LogP contribution in [0.3, 0.4) is 0 Å². The first-order valence-corrected chi connectivity index (χ1v) is 9.66. The number of nitrogens with two attached hydrogens (primary N) is 1. The molecule has 0 saturated heterocycles. The number of esters is 1. The molecule has 164 valence electrons. The minimum absolute atomic E-state index is 0.0686. The predicted molar refractivity (Wildman–Crippen MR) is 115 cm³/mol. The van der Waals surface area contributed by atoms with Crippen LogP contribution in [0, 0.1) is 0 Å². The van der Waals surface area contributed by atoms with Crippen LogP contribution in [-0.2, 0) is 21.5 Å². The molecule has 0 saturated carbocycles. The third-order valence-electron chi connectivity index (χ3n) is 4.97. The second kappa shape index (κ2) is 8.38. The Balaban J connectivity index is 1.72. The fourth-order valence-electron chi connectivity index (χ4n) is 3.41. The van der Waals surface area contributed by atoms with Crippen molar-refractivity contribution >= 4 is 34.7 Å². The predicted octanol–water partition coefficient (Wildman–Crippen LogP) is 1.89. The molecule has 4 rings (SSSR count). The molecule has 0 bridgehead atoms. The first-order valence-electron chi connectivity index (χ1n) is 9.66. The van der Waals surface area contributed by atoms with Crippen LogP contribution in [-0.4, -0.2) is 38.7 Å². The Hall–Kier alpha value is -4.41. The van der Waals surface area contributed by atoms with Gasteiger partial charge in [-0.2, -0.15) is 15.1 Å². The number of carbonyl (C=O) groups excluding carboxylic acids is 2. The lowest BCUT2D eigenvalue weighted by Gasteiger charge is -2.27. The van der Waals surface area contributed by atoms with Gasteiger partial charge in [0, 0.05) is 6.42 Å². The summed E-state index contributed by atoms with van der Waals surface area (Å²) >= 11 is 0. The summed E-state index contributed by atoms with van der Waals surface area (Å²) in [6.45, 7) is 1.71. The van der Waals surface area contributed by atoms with E-state index in [4.69, 9.17) is 14.9 Å². The summed E-state index contributed by atoms with van der Waals surface area (Å²) in [5.74, 6) is -0.737. The molecule has 11 nitrogen and oxygen atoms in total. The molecule has 4 N–H and O–H groups in total. The Morgan fingerprint density at radius 3 is 2.66 bits per heavy atom. The SMILES string of the molecule is COC(=O)C(C)(Cc1ccccc1)n1ncc2c(NNC(=O)c3ccco3)nc(N)nc21. The monoisotopic (exact) mass is 435 g/mol. The van der Waals surface area contributed by atoms with Crippen LogP contribution < -0.4 is 16.6 Å². The number of nitrogens with one attached hydrogen (secondary N) is 2. The maximum atomic E-state index is 12.9. The maximum absolute atomic E-state index is 12.9. The van der Waals surface area contributed by atoms with Crippen molar-refractivity contribution in [2.75, 3.05) is 18.3 Å². The van der Waals surface area contributed by atoms with E-state index in [0.717, 1.165) is 5.56 Å². The summed E-state index contributed by atoms with van der Waals surface area (Å²) in [4.78, 5) is 33.5. The van der Waals surface area contributed by atoms with Crippen molar-refractivity contribution in [3.8, 4) is 0 Å². The number of fused-ring (bicyclic) bond motifs is 1. The topological polar surface area (TPSA) is 150 Å². The average molecular weight is 435 g/mol. The van der Waals surface area contributed by atoms with E-state index in [9.17, 15) is 9.59 Å². The quantitative estimate of drug-likeness (QED) is 0.292. The Labute approximate surface area is 182 Å². The van der Waals surface area contributed by atoms with E-state index in [1.165, 1.54) is 30.3 Å². The van der Waals surface area contributed by atoms with Gasteiger partial charge in [0.15, 0.2) is 22.8 Å². The Bertz CT molecular complexity index is 1250. The zero-order valence-electron chi connectivity index (χ0n) is 17.4. The van der Waals surface area contributed by atoms with E-state index in [2.05, 4.69) is 25.9 Å². The number of rotatable bonds is 7. The third kappa shape index (κ3) is 3.83. The summed E-state index contributed by atoms with van der Waals surface area (Å²) in [6.07, 6.45) is 3.18. The van der Waals surface area contributed by atoms with Crippen molar-refractivity contribution in [1.82, 2.24) is 25.2 Å². The van der Waals surface area contributed by atoms with Crippen LogP contribution in [0.25, 0.3) is 11.0 Å². The normalized spacial score (nSPS) is 12.8. The summed E-state index contributed by atoms with van der Waals surface area (Å²) in [6, 6.07) is 12.6. The number of anilines is 2. The molecule has 1 unspecified atom stereocenters. The molecule has 0 spiro atoms. The number of ether oxygens (including phenoxy) is 1. The van der Waals surface area contributed by atoms with Crippen molar-refractivity contribution in [3.63, 3.8) is 0 Å². The first kappa shape index (κ1) is 20.8. The van der Waals surface area contributed by atoms with Gasteiger partial charge in [0.05, 0.1) is 25.0 Å². The number of nitrogens with zero attached hydrogens (tertiary/aromatic N) is 4. The number of hydrogen-bond acceptors (Lipinski definition) is 9. The molecule has 11 heteroatoms. The standard InChI is InChI=1S/C21H21N7O4/c1-21(19(30)31-2,11-13-7-4-3-5-8-13)28-17-14(12-23-28)16(24-20(22)25-17)26-27-18(29)15-9-6-10-32-15/h3-10,12H,11H2,1-2H3,(H,27,29)(H3,22,24,25,26). The van der Waals surface area contributed by atoms with Gasteiger partial charge in [-0.15, -0.1) is 0 Å². The van der Waals surface area contributed by atoms with E-state index in [-0.39, 0.29) is 17.5 Å². The minimum Gasteiger partial charge on any atom is -0.467 e. The summed E-state index contributed by atoms with van der Waals surface area (Å²) in [5.41, 5.74) is 11.1. The van der Waals surface area contributed by atoms with Crippen LogP contribution in [0.4, 0.5) is 11.8 Å². The van der Waals surface area contributed by atoms with Crippen molar-refractivity contribution in [3.05, 3.63) is 66.2 Å². The number of nitrogen functional groups attached to an aromatic ring is 1. The van der Waals surface area contributed by atoms with Crippen LogP contribution >= 0.6 is 0 Å². The molecule has 3 heterocycles. The molecule has 0 aliphatic heterocycles. The number of amides is 1. The fraction of sp³-hybridized carbons (Fsp3) is 0.190. The van der Waals surface area contributed by atoms with Crippen LogP contribution in [0.15, 0.2) is 59.3 Å². The van der Waals surface area contributed by atoms with Gasteiger partial charge in [-0.1, -0.05) is 30.3 Å². The molecule has 0 aliphatic rings. The van der Waals surface area contributed by atoms with Gasteiger partial charge >= 0.3 is 11.9 Å². The largest absolute Gasteiger partial charge is 0.467 e. The number of hydrogen-bond donors (Lipinski definition) is 3. The number of furan rings is 1. The van der Waals surface area contributed by atoms with Gasteiger partial charge in [0.25, 0.3) is 0 Å². The highest BCUT2D eigenvalue weighted by Crippen LogP contribution is 2.29.